The normalized spacial score (nSPS) is 14.5. The quantitative estimate of drug-likeness (QED) is 0.650. The highest BCUT2D eigenvalue weighted by Crippen LogP contribution is 2.26. The summed E-state index contributed by atoms with van der Waals surface area (Å²) in [6, 6.07) is 13.9. The summed E-state index contributed by atoms with van der Waals surface area (Å²) in [4.78, 5) is 18.4. The zero-order valence-electron chi connectivity index (χ0n) is 15.4. The Bertz CT molecular complexity index is 800. The highest BCUT2D eigenvalue weighted by molar-refractivity contribution is 9.10. The van der Waals surface area contributed by atoms with Gasteiger partial charge < -0.3 is 14.4 Å². The molecule has 142 valence electrons. The van der Waals surface area contributed by atoms with Gasteiger partial charge in [-0.2, -0.15) is 0 Å². The van der Waals surface area contributed by atoms with Crippen molar-refractivity contribution in [2.75, 3.05) is 32.9 Å². The Morgan fingerprint density at radius 2 is 1.96 bits per heavy atom. The summed E-state index contributed by atoms with van der Waals surface area (Å²) in [5.74, 6) is 0.618. The molecule has 0 aliphatic carbocycles. The van der Waals surface area contributed by atoms with Crippen molar-refractivity contribution in [3.63, 3.8) is 0 Å². The van der Waals surface area contributed by atoms with E-state index in [-0.39, 0.29) is 12.5 Å². The van der Waals surface area contributed by atoms with Gasteiger partial charge >= 0.3 is 0 Å². The third kappa shape index (κ3) is 5.65. The number of aliphatic imine (C=N–C) groups is 1. The number of carbonyl (C=O) groups excluding carboxylic acids is 1. The smallest absolute Gasteiger partial charge is 0.260 e. The van der Waals surface area contributed by atoms with Crippen molar-refractivity contribution in [1.82, 2.24) is 4.90 Å². The number of benzene rings is 2. The predicted octanol–water partition coefficient (Wildman–Crippen LogP) is 4.00. The van der Waals surface area contributed by atoms with Crippen molar-refractivity contribution in [2.24, 2.45) is 4.99 Å². The van der Waals surface area contributed by atoms with E-state index in [2.05, 4.69) is 40.0 Å². The van der Waals surface area contributed by atoms with Crippen LogP contribution in [0.5, 0.6) is 5.75 Å². The van der Waals surface area contributed by atoms with Gasteiger partial charge in [-0.3, -0.25) is 9.79 Å². The maximum absolute atomic E-state index is 12.2. The molecule has 1 aliphatic rings. The molecule has 1 saturated heterocycles. The summed E-state index contributed by atoms with van der Waals surface area (Å²) >= 11 is 3.51. The fraction of sp³-hybridized carbons (Fsp3) is 0.333. The Labute approximate surface area is 168 Å². The SMILES string of the molecule is CCc1ccc(N=Cc2ccc(OCC(=O)N3CCOCC3)c(Br)c2)cc1. The van der Waals surface area contributed by atoms with Crippen molar-refractivity contribution in [3.8, 4) is 5.75 Å². The lowest BCUT2D eigenvalue weighted by Gasteiger charge is -2.26. The van der Waals surface area contributed by atoms with Crippen molar-refractivity contribution in [3.05, 3.63) is 58.1 Å². The standard InChI is InChI=1S/C21H23BrN2O3/c1-2-16-3-6-18(7-4-16)23-14-17-5-8-20(19(22)13-17)27-15-21(25)24-9-11-26-12-10-24/h3-8,13-14H,2,9-12,15H2,1H3. The summed E-state index contributed by atoms with van der Waals surface area (Å²) < 4.78 is 11.7. The van der Waals surface area contributed by atoms with E-state index in [4.69, 9.17) is 9.47 Å². The van der Waals surface area contributed by atoms with Crippen LogP contribution in [0, 0.1) is 0 Å². The second-order valence-electron chi connectivity index (χ2n) is 6.25. The van der Waals surface area contributed by atoms with Crippen LogP contribution in [-0.4, -0.2) is 49.9 Å². The number of nitrogens with zero attached hydrogens (tertiary/aromatic N) is 2. The highest BCUT2D eigenvalue weighted by atomic mass is 79.9. The molecule has 1 heterocycles. The maximum atomic E-state index is 12.2. The molecule has 0 saturated carbocycles. The Morgan fingerprint density at radius 3 is 2.63 bits per heavy atom. The minimum absolute atomic E-state index is 0.0219. The van der Waals surface area contributed by atoms with Gasteiger partial charge in [-0.05, 0) is 63.8 Å². The Balaban J connectivity index is 1.57. The van der Waals surface area contributed by atoms with E-state index in [1.54, 1.807) is 4.90 Å². The molecule has 27 heavy (non-hydrogen) atoms. The van der Waals surface area contributed by atoms with Crippen LogP contribution in [0.25, 0.3) is 0 Å². The van der Waals surface area contributed by atoms with Gasteiger partial charge in [0, 0.05) is 19.3 Å². The lowest BCUT2D eigenvalue weighted by Crippen LogP contribution is -2.43. The van der Waals surface area contributed by atoms with E-state index in [9.17, 15) is 4.79 Å². The molecule has 6 heteroatoms. The van der Waals surface area contributed by atoms with Crippen LogP contribution in [-0.2, 0) is 16.0 Å². The molecule has 0 atom stereocenters. The van der Waals surface area contributed by atoms with Crippen LogP contribution >= 0.6 is 15.9 Å². The average molecular weight is 431 g/mol. The molecule has 0 unspecified atom stereocenters. The molecule has 1 fully saturated rings. The molecular formula is C21H23BrN2O3. The van der Waals surface area contributed by atoms with E-state index < -0.39 is 0 Å². The fourth-order valence-electron chi connectivity index (χ4n) is 2.72. The van der Waals surface area contributed by atoms with Crippen molar-refractivity contribution in [1.29, 1.82) is 0 Å². The fourth-order valence-corrected chi connectivity index (χ4v) is 3.24. The van der Waals surface area contributed by atoms with Crippen molar-refractivity contribution in [2.45, 2.75) is 13.3 Å². The van der Waals surface area contributed by atoms with E-state index >= 15 is 0 Å². The number of hydrogen-bond donors (Lipinski definition) is 0. The first kappa shape index (κ1) is 19.6. The Hall–Kier alpha value is -2.18. The van der Waals surface area contributed by atoms with E-state index in [1.165, 1.54) is 5.56 Å². The monoisotopic (exact) mass is 430 g/mol. The number of morpholine rings is 1. The van der Waals surface area contributed by atoms with Gasteiger partial charge in [0.05, 0.1) is 23.4 Å². The number of halogens is 1. The zero-order valence-corrected chi connectivity index (χ0v) is 16.9. The number of ether oxygens (including phenoxy) is 2. The summed E-state index contributed by atoms with van der Waals surface area (Å²) in [6.45, 7) is 4.58. The molecule has 1 amide bonds. The Kier molecular flexibility index (Phi) is 7.01. The van der Waals surface area contributed by atoms with Crippen molar-refractivity contribution >= 4 is 33.7 Å². The molecule has 1 aliphatic heterocycles. The van der Waals surface area contributed by atoms with Crippen molar-refractivity contribution < 1.29 is 14.3 Å². The Morgan fingerprint density at radius 1 is 1.22 bits per heavy atom. The number of aryl methyl sites for hydroxylation is 1. The van der Waals surface area contributed by atoms with E-state index in [0.29, 0.717) is 32.1 Å². The van der Waals surface area contributed by atoms with E-state index in [1.807, 2.05) is 36.5 Å². The second-order valence-corrected chi connectivity index (χ2v) is 7.10. The van der Waals surface area contributed by atoms with Crippen LogP contribution in [0.15, 0.2) is 51.9 Å². The first-order chi connectivity index (χ1) is 13.2. The summed E-state index contributed by atoms with van der Waals surface area (Å²) in [5.41, 5.74) is 3.16. The molecule has 3 rings (SSSR count). The van der Waals surface area contributed by atoms with E-state index in [0.717, 1.165) is 22.1 Å². The lowest BCUT2D eigenvalue weighted by molar-refractivity contribution is -0.137. The predicted molar refractivity (Wildman–Crippen MR) is 110 cm³/mol. The van der Waals surface area contributed by atoms with Crippen LogP contribution < -0.4 is 4.74 Å². The molecule has 0 N–H and O–H groups in total. The summed E-state index contributed by atoms with van der Waals surface area (Å²) in [6.07, 6.45) is 2.83. The molecule has 2 aromatic rings. The molecular weight excluding hydrogens is 408 g/mol. The zero-order chi connectivity index (χ0) is 19.1. The first-order valence-electron chi connectivity index (χ1n) is 9.06. The lowest BCUT2D eigenvalue weighted by atomic mass is 10.1. The molecule has 0 bridgehead atoms. The van der Waals surface area contributed by atoms with Crippen LogP contribution in [0.3, 0.4) is 0 Å². The topological polar surface area (TPSA) is 51.1 Å². The minimum atomic E-state index is -0.0219. The van der Waals surface area contributed by atoms with Gasteiger partial charge in [0.2, 0.25) is 0 Å². The van der Waals surface area contributed by atoms with Gasteiger partial charge in [0.1, 0.15) is 5.75 Å². The largest absolute Gasteiger partial charge is 0.483 e. The van der Waals surface area contributed by atoms with Crippen LogP contribution in [0.2, 0.25) is 0 Å². The number of rotatable bonds is 6. The van der Waals surface area contributed by atoms with Gasteiger partial charge in [-0.15, -0.1) is 0 Å². The number of hydrogen-bond acceptors (Lipinski definition) is 4. The number of carbonyl (C=O) groups is 1. The van der Waals surface area contributed by atoms with Crippen LogP contribution in [0.4, 0.5) is 5.69 Å². The molecule has 0 aromatic heterocycles. The summed E-state index contributed by atoms with van der Waals surface area (Å²) in [7, 11) is 0. The average Bonchev–Trinajstić information content (AvgIpc) is 2.72. The third-order valence-electron chi connectivity index (χ3n) is 4.38. The molecule has 2 aromatic carbocycles. The minimum Gasteiger partial charge on any atom is -0.483 e. The summed E-state index contributed by atoms with van der Waals surface area (Å²) in [5, 5.41) is 0. The van der Waals surface area contributed by atoms with Gasteiger partial charge in [-0.25, -0.2) is 0 Å². The maximum Gasteiger partial charge on any atom is 0.260 e. The van der Waals surface area contributed by atoms with Gasteiger partial charge in [0.15, 0.2) is 6.61 Å². The second kappa shape index (κ2) is 9.67. The highest BCUT2D eigenvalue weighted by Gasteiger charge is 2.17. The first-order valence-corrected chi connectivity index (χ1v) is 9.86. The van der Waals surface area contributed by atoms with Gasteiger partial charge in [-0.1, -0.05) is 19.1 Å². The number of amides is 1. The third-order valence-corrected chi connectivity index (χ3v) is 5.00. The van der Waals surface area contributed by atoms with Crippen LogP contribution in [0.1, 0.15) is 18.1 Å². The molecule has 0 radical (unpaired) electrons. The molecule has 5 nitrogen and oxygen atoms in total. The molecule has 0 spiro atoms. The van der Waals surface area contributed by atoms with Gasteiger partial charge in [0.25, 0.3) is 5.91 Å².